The van der Waals surface area contributed by atoms with E-state index in [0.717, 1.165) is 10.4 Å². The number of aromatic hydroxyl groups is 1. The average Bonchev–Trinajstić information content (AvgIpc) is 1.52. The monoisotopic (exact) mass is 1300 g/mol. The van der Waals surface area contributed by atoms with E-state index in [2.05, 4.69) is 67.5 Å². The largest absolute Gasteiger partial charge is 0.508 e. The number of amides is 10. The van der Waals surface area contributed by atoms with Crippen molar-refractivity contribution in [3.8, 4) is 5.75 Å². The topological polar surface area (TPSA) is 439 Å². The molecule has 9 atom stereocenters. The summed E-state index contributed by atoms with van der Waals surface area (Å²) < 4.78 is 0. The zero-order valence-corrected chi connectivity index (χ0v) is 53.0. The van der Waals surface area contributed by atoms with Crippen LogP contribution in [0.4, 0.5) is 0 Å². The molecule has 0 aliphatic carbocycles. The number of rotatable bonds is 32. The van der Waals surface area contributed by atoms with Crippen LogP contribution in [0.25, 0.3) is 21.8 Å². The maximum absolute atomic E-state index is 15.3. The number of carbonyl (C=O) groups is 10. The number of aliphatic hydroxyl groups excluding tert-OH is 1. The molecular weight excluding hydrogens is 1210 g/mol. The predicted molar refractivity (Wildman–Crippen MR) is 347 cm³/mol. The number of imidazole rings is 1. The number of fused-ring (bicyclic) bond motifs is 2. The zero-order chi connectivity index (χ0) is 67.6. The van der Waals surface area contributed by atoms with Crippen molar-refractivity contribution in [1.82, 2.24) is 72.3 Å². The molecule has 0 bridgehead atoms. The number of nitrogens with zero attached hydrogens (tertiary/aromatic N) is 4. The first-order valence-electron chi connectivity index (χ1n) is 31.6. The van der Waals surface area contributed by atoms with E-state index < -0.39 is 108 Å². The Hall–Kier alpha value is -10.3. The summed E-state index contributed by atoms with van der Waals surface area (Å²) in [5.41, 5.74) is 14.7. The van der Waals surface area contributed by atoms with Gasteiger partial charge in [0.1, 0.15) is 60.1 Å². The van der Waals surface area contributed by atoms with Gasteiger partial charge in [-0.15, -0.1) is 0 Å². The van der Waals surface area contributed by atoms with Gasteiger partial charge in [-0.2, -0.15) is 0 Å². The molecule has 29 nitrogen and oxygen atoms in total. The van der Waals surface area contributed by atoms with Crippen LogP contribution in [0, 0.1) is 5.92 Å². The predicted octanol–water partition coefficient (Wildman–Crippen LogP) is -0.418. The second-order valence-electron chi connectivity index (χ2n) is 24.1. The van der Waals surface area contributed by atoms with Crippen LogP contribution >= 0.6 is 0 Å². The van der Waals surface area contributed by atoms with Gasteiger partial charge in [0.05, 0.1) is 12.9 Å². The lowest BCUT2D eigenvalue weighted by Crippen LogP contribution is -2.62. The van der Waals surface area contributed by atoms with Gasteiger partial charge in [0.2, 0.25) is 59.1 Å². The Bertz CT molecular complexity index is 3680. The Morgan fingerprint density at radius 3 is 1.84 bits per heavy atom. The summed E-state index contributed by atoms with van der Waals surface area (Å²) in [5.74, 6) is -7.43. The number of benzene rings is 3. The van der Waals surface area contributed by atoms with Crippen LogP contribution in [0.5, 0.6) is 5.75 Å². The van der Waals surface area contributed by atoms with Crippen molar-refractivity contribution < 1.29 is 58.2 Å². The zero-order valence-electron chi connectivity index (χ0n) is 53.0. The summed E-state index contributed by atoms with van der Waals surface area (Å²) in [4.78, 5) is 162. The summed E-state index contributed by atoms with van der Waals surface area (Å²) in [6.45, 7) is 5.17. The van der Waals surface area contributed by atoms with Gasteiger partial charge < -0.3 is 89.0 Å². The lowest BCUT2D eigenvalue weighted by atomic mass is 9.99. The number of phenols is 1. The molecule has 17 N–H and O–H groups in total. The fraction of sp³-hybridized carbons (Fsp3) is 0.446. The van der Waals surface area contributed by atoms with Crippen LogP contribution in [0.2, 0.25) is 0 Å². The van der Waals surface area contributed by atoms with E-state index in [1.807, 2.05) is 50.2 Å². The minimum absolute atomic E-state index is 0.0659. The molecule has 10 amide bonds. The molecule has 0 spiro atoms. The molecule has 94 heavy (non-hydrogen) atoms. The maximum Gasteiger partial charge on any atom is 0.247 e. The number of aromatic nitrogens is 4. The SMILES string of the molecule is CCNC(=O)[C@@H]1CCCN1C(=O)[C@H](CCCN=C(N)N)NC(=O)[C@H](CC(C)C)NC(=O)[C@@H](Cc1c[nH]c2ccccc12)NC(=O)[C@H](Cc1ccc(O)cc1)N(C)C(=O)[C@H](CO)NC(=O)[C@H](Cc1c[nH]c2ccccc12)NC(=O)[C@H](Cc1cnc[nH]1)NC(=O)[C@@H]1CCC(=O)N1. The lowest BCUT2D eigenvalue weighted by molar-refractivity contribution is -0.144. The van der Waals surface area contributed by atoms with Gasteiger partial charge in [0.15, 0.2) is 5.96 Å². The third-order valence-corrected chi connectivity index (χ3v) is 16.8. The molecule has 502 valence electrons. The number of hydrogen-bond donors (Lipinski definition) is 15. The van der Waals surface area contributed by atoms with E-state index in [9.17, 15) is 43.8 Å². The van der Waals surface area contributed by atoms with Gasteiger partial charge in [-0.25, -0.2) is 4.98 Å². The summed E-state index contributed by atoms with van der Waals surface area (Å²) in [7, 11) is 1.27. The van der Waals surface area contributed by atoms with Crippen LogP contribution in [-0.2, 0) is 73.6 Å². The first-order chi connectivity index (χ1) is 45.1. The Morgan fingerprint density at radius 2 is 1.28 bits per heavy atom. The highest BCUT2D eigenvalue weighted by molar-refractivity contribution is 6.00. The second kappa shape index (κ2) is 32.8. The van der Waals surface area contributed by atoms with Crippen molar-refractivity contribution in [3.63, 3.8) is 0 Å². The Kier molecular flexibility index (Phi) is 24.3. The molecule has 8 rings (SSSR count). The van der Waals surface area contributed by atoms with Crippen LogP contribution in [0.1, 0.15) is 88.1 Å². The second-order valence-corrected chi connectivity index (χ2v) is 24.1. The number of aromatic amines is 3. The third kappa shape index (κ3) is 18.5. The van der Waals surface area contributed by atoms with Crippen LogP contribution in [0.15, 0.2) is 103 Å². The molecule has 5 heterocycles. The number of nitrogens with one attached hydrogen (secondary N) is 11. The van der Waals surface area contributed by atoms with Gasteiger partial charge in [0.25, 0.3) is 0 Å². The van der Waals surface area contributed by atoms with E-state index in [4.69, 9.17) is 11.5 Å². The Balaban J connectivity index is 1.07. The number of likely N-dealkylation sites (tertiary alicyclic amines) is 1. The average molecular weight is 1300 g/mol. The number of H-pyrrole nitrogens is 3. The third-order valence-electron chi connectivity index (χ3n) is 16.8. The summed E-state index contributed by atoms with van der Waals surface area (Å²) >= 11 is 0. The van der Waals surface area contributed by atoms with E-state index in [1.165, 1.54) is 48.7 Å². The maximum atomic E-state index is 15.3. The first kappa shape index (κ1) is 69.6. The van der Waals surface area contributed by atoms with Crippen molar-refractivity contribution in [1.29, 1.82) is 0 Å². The van der Waals surface area contributed by atoms with Crippen LogP contribution in [0.3, 0.4) is 0 Å². The van der Waals surface area contributed by atoms with E-state index in [-0.39, 0.29) is 100 Å². The van der Waals surface area contributed by atoms with Crippen molar-refractivity contribution >= 4 is 86.8 Å². The highest BCUT2D eigenvalue weighted by atomic mass is 16.3. The quantitative estimate of drug-likeness (QED) is 0.0145. The fourth-order valence-corrected chi connectivity index (χ4v) is 11.8. The number of hydrogen-bond acceptors (Lipinski definition) is 14. The van der Waals surface area contributed by atoms with E-state index in [0.29, 0.717) is 58.1 Å². The summed E-state index contributed by atoms with van der Waals surface area (Å²) in [6.07, 6.45) is 7.15. The number of carbonyl (C=O) groups excluding carboxylic acids is 10. The number of likely N-dealkylation sites (N-methyl/N-ethyl adjacent to an activating group) is 2. The normalized spacial score (nSPS) is 16.7. The smallest absolute Gasteiger partial charge is 0.247 e. The number of guanidine groups is 1. The molecule has 6 aromatic rings. The molecule has 3 aromatic heterocycles. The number of aliphatic hydroxyl groups is 1. The van der Waals surface area contributed by atoms with Crippen molar-refractivity contribution in [3.05, 3.63) is 120 Å². The van der Waals surface area contributed by atoms with Gasteiger partial charge in [-0.3, -0.25) is 52.9 Å². The molecule has 2 aliphatic heterocycles. The molecule has 3 aromatic carbocycles. The number of aliphatic imine (C=N–C) groups is 1. The van der Waals surface area contributed by atoms with Gasteiger partial charge in [-0.05, 0) is 92.3 Å². The van der Waals surface area contributed by atoms with Crippen LogP contribution in [-0.4, -0.2) is 193 Å². The minimum Gasteiger partial charge on any atom is -0.508 e. The molecule has 0 saturated carbocycles. The summed E-state index contributed by atoms with van der Waals surface area (Å²) in [6, 6.07) is 8.59. The fourth-order valence-electron chi connectivity index (χ4n) is 11.8. The lowest BCUT2D eigenvalue weighted by Gasteiger charge is -2.33. The molecule has 0 radical (unpaired) electrons. The molecule has 29 heteroatoms. The van der Waals surface area contributed by atoms with Gasteiger partial charge in [-0.1, -0.05) is 62.4 Å². The van der Waals surface area contributed by atoms with Gasteiger partial charge in [0, 0.05) is 105 Å². The number of nitrogens with two attached hydrogens (primary N) is 2. The highest BCUT2D eigenvalue weighted by Crippen LogP contribution is 2.24. The molecule has 2 saturated heterocycles. The van der Waals surface area contributed by atoms with Crippen LogP contribution < -0.4 is 54.0 Å². The molecular formula is C65H85N17O12. The molecule has 2 aliphatic rings. The molecule has 0 unspecified atom stereocenters. The summed E-state index contributed by atoms with van der Waals surface area (Å²) in [5, 5.41) is 44.7. The Labute approximate surface area is 542 Å². The van der Waals surface area contributed by atoms with Crippen molar-refractivity contribution in [2.45, 2.75) is 146 Å². The standard InChI is InChI=1S/C65H85N17O12/c1-5-69-61(91)53-17-11-25-82(53)64(94)47(16-10-24-70-65(66)67)75-57(87)48(26-36(2)3)76-58(88)50(29-39-32-72-45-15-9-7-13-43(39)45)79-62(92)54(27-37-18-20-41(84)21-19-37)81(4)63(93)52(34-83)80-59(89)49(28-38-31-71-44-14-8-6-12-42(38)44)77-60(90)51(30-40-33-68-35-73-40)78-56(86)46-22-23-55(85)74-46/h6-9,12-15,18-21,31-33,35-36,46-54,71-72,83-84H,5,10-11,16-17,22-30,34H2,1-4H3,(H,68,73)(H,69,91)(H,74,85)(H,75,87)(H,76,88)(H,77,90)(H,78,86)(H,79,92)(H,80,89)(H4,66,67,70)/t46-,47-,48-,49-,50+,51-,52-,53-,54-/m0/s1. The minimum atomic E-state index is -1.77. The van der Waals surface area contributed by atoms with Crippen molar-refractivity contribution in [2.24, 2.45) is 22.4 Å². The highest BCUT2D eigenvalue weighted by Gasteiger charge is 2.41. The van der Waals surface area contributed by atoms with Gasteiger partial charge >= 0.3 is 0 Å². The first-order valence-corrected chi connectivity index (χ1v) is 31.6. The van der Waals surface area contributed by atoms with E-state index >= 15 is 14.4 Å². The van der Waals surface area contributed by atoms with Crippen molar-refractivity contribution in [2.75, 3.05) is 33.3 Å². The number of para-hydroxylation sites is 2. The van der Waals surface area contributed by atoms with E-state index in [1.54, 1.807) is 31.5 Å². The Morgan fingerprint density at radius 1 is 0.702 bits per heavy atom. The number of phenolic OH excluding ortho intramolecular Hbond substituents is 1. The molecule has 2 fully saturated rings.